The number of carbonyl (C=O) groups excluding carboxylic acids is 1. The van der Waals surface area contributed by atoms with Crippen molar-refractivity contribution in [2.75, 3.05) is 32.8 Å². The van der Waals surface area contributed by atoms with Crippen LogP contribution in [-0.4, -0.2) is 76.2 Å². The molecular formula is C27H32ClN5O5. The number of amides is 1. The molecule has 2 heterocycles. The third-order valence-corrected chi connectivity index (χ3v) is 6.24. The fourth-order valence-electron chi connectivity index (χ4n) is 4.21. The van der Waals surface area contributed by atoms with E-state index in [1.54, 1.807) is 23.1 Å². The first kappa shape index (κ1) is 29.1. The van der Waals surface area contributed by atoms with Gasteiger partial charge in [0.2, 0.25) is 11.7 Å². The standard InChI is InChI=1S/C27H31N5O5.ClH/c1-17(2)36-24-6-5-21(12-22(24)13-28)27-30-26(31-37-27)20-4-3-18-7-9-32(10-8-19(18)11-20)25(35)14-29-23(15-33)16-34;/h3-6,11-12,17,23,29,33-34H,7-10,14-16H2,1-2H3;1H. The lowest BCUT2D eigenvalue weighted by Crippen LogP contribution is -2.45. The van der Waals surface area contributed by atoms with Crippen molar-refractivity contribution in [3.05, 3.63) is 53.1 Å². The number of aliphatic hydroxyl groups excluding tert-OH is 2. The Bertz CT molecular complexity index is 1290. The Morgan fingerprint density at radius 3 is 2.53 bits per heavy atom. The topological polar surface area (TPSA) is 145 Å². The molecular weight excluding hydrogens is 510 g/mol. The lowest BCUT2D eigenvalue weighted by molar-refractivity contribution is -0.130. The van der Waals surface area contributed by atoms with Crippen LogP contribution in [-0.2, 0) is 17.6 Å². The average Bonchev–Trinajstić information content (AvgIpc) is 3.30. The second kappa shape index (κ2) is 13.3. The van der Waals surface area contributed by atoms with Crippen molar-refractivity contribution in [1.82, 2.24) is 20.4 Å². The smallest absolute Gasteiger partial charge is 0.258 e. The third-order valence-electron chi connectivity index (χ3n) is 6.24. The van der Waals surface area contributed by atoms with Gasteiger partial charge in [-0.05, 0) is 62.1 Å². The van der Waals surface area contributed by atoms with Gasteiger partial charge in [-0.1, -0.05) is 17.3 Å². The molecule has 0 unspecified atom stereocenters. The molecule has 1 amide bonds. The van der Waals surface area contributed by atoms with E-state index in [1.165, 1.54) is 5.56 Å². The molecule has 0 saturated heterocycles. The van der Waals surface area contributed by atoms with E-state index >= 15 is 0 Å². The molecule has 4 rings (SSSR count). The van der Waals surface area contributed by atoms with Crippen LogP contribution in [0.15, 0.2) is 40.9 Å². The number of hydrogen-bond donors (Lipinski definition) is 3. The van der Waals surface area contributed by atoms with Crippen molar-refractivity contribution in [3.63, 3.8) is 0 Å². The number of halogens is 1. The van der Waals surface area contributed by atoms with E-state index in [1.807, 2.05) is 32.0 Å². The highest BCUT2D eigenvalue weighted by Gasteiger charge is 2.21. The van der Waals surface area contributed by atoms with Gasteiger partial charge in [0.05, 0.1) is 37.5 Å². The molecule has 1 aromatic heterocycles. The predicted molar refractivity (Wildman–Crippen MR) is 143 cm³/mol. The quantitative estimate of drug-likeness (QED) is 0.371. The van der Waals surface area contributed by atoms with Gasteiger partial charge in [-0.2, -0.15) is 10.2 Å². The van der Waals surface area contributed by atoms with Crippen LogP contribution >= 0.6 is 12.4 Å². The second-order valence-electron chi connectivity index (χ2n) is 9.22. The summed E-state index contributed by atoms with van der Waals surface area (Å²) in [5.41, 5.74) is 4.13. The molecule has 2 aromatic carbocycles. The molecule has 0 radical (unpaired) electrons. The van der Waals surface area contributed by atoms with Crippen molar-refractivity contribution in [2.24, 2.45) is 0 Å². The number of nitrogens with zero attached hydrogens (tertiary/aromatic N) is 4. The zero-order chi connectivity index (χ0) is 26.4. The van der Waals surface area contributed by atoms with E-state index in [-0.39, 0.29) is 44.2 Å². The van der Waals surface area contributed by atoms with Crippen LogP contribution in [0.1, 0.15) is 30.5 Å². The first-order valence-electron chi connectivity index (χ1n) is 12.3. The van der Waals surface area contributed by atoms with Gasteiger partial charge < -0.3 is 29.7 Å². The first-order valence-corrected chi connectivity index (χ1v) is 12.3. The van der Waals surface area contributed by atoms with Crippen LogP contribution in [0.4, 0.5) is 0 Å². The van der Waals surface area contributed by atoms with E-state index in [4.69, 9.17) is 9.26 Å². The van der Waals surface area contributed by atoms with Crippen LogP contribution in [0, 0.1) is 11.3 Å². The van der Waals surface area contributed by atoms with Gasteiger partial charge in [-0.25, -0.2) is 0 Å². The molecule has 3 N–H and O–H groups in total. The number of aromatic nitrogens is 2. The number of ether oxygens (including phenoxy) is 1. The van der Waals surface area contributed by atoms with Gasteiger partial charge in [0.15, 0.2) is 0 Å². The Balaban J connectivity index is 0.00000400. The molecule has 0 spiro atoms. The summed E-state index contributed by atoms with van der Waals surface area (Å²) in [5.74, 6) is 1.20. The Hall–Kier alpha value is -3.49. The second-order valence-corrected chi connectivity index (χ2v) is 9.22. The summed E-state index contributed by atoms with van der Waals surface area (Å²) in [4.78, 5) is 19.0. The number of nitriles is 1. The monoisotopic (exact) mass is 541 g/mol. The minimum absolute atomic E-state index is 0. The van der Waals surface area contributed by atoms with Gasteiger partial charge in [0, 0.05) is 24.2 Å². The number of carbonyl (C=O) groups is 1. The van der Waals surface area contributed by atoms with Crippen molar-refractivity contribution < 1.29 is 24.3 Å². The van der Waals surface area contributed by atoms with Crippen LogP contribution in [0.2, 0.25) is 0 Å². The van der Waals surface area contributed by atoms with Gasteiger partial charge in [0.1, 0.15) is 11.8 Å². The van der Waals surface area contributed by atoms with E-state index in [0.717, 1.165) is 17.5 Å². The van der Waals surface area contributed by atoms with Gasteiger partial charge in [0.25, 0.3) is 5.89 Å². The van der Waals surface area contributed by atoms with E-state index in [9.17, 15) is 20.3 Å². The molecule has 3 aromatic rings. The highest BCUT2D eigenvalue weighted by molar-refractivity contribution is 5.85. The van der Waals surface area contributed by atoms with E-state index < -0.39 is 6.04 Å². The van der Waals surface area contributed by atoms with E-state index in [2.05, 4.69) is 21.5 Å². The molecule has 1 aliphatic heterocycles. The van der Waals surface area contributed by atoms with Crippen molar-refractivity contribution in [1.29, 1.82) is 5.26 Å². The summed E-state index contributed by atoms with van der Waals surface area (Å²) in [7, 11) is 0. The largest absolute Gasteiger partial charge is 0.490 e. The third kappa shape index (κ3) is 6.88. The number of fused-ring (bicyclic) bond motifs is 1. The molecule has 0 bridgehead atoms. The number of benzene rings is 2. The zero-order valence-electron chi connectivity index (χ0n) is 21.4. The fourth-order valence-corrected chi connectivity index (χ4v) is 4.21. The SMILES string of the molecule is CC(C)Oc1ccc(-c2nc(-c3ccc4c(c3)CCN(C(=O)CNC(CO)CO)CC4)no2)cc1C#N.Cl. The summed E-state index contributed by atoms with van der Waals surface area (Å²) in [5, 5.41) is 34.9. The molecule has 11 heteroatoms. The Morgan fingerprint density at radius 2 is 1.84 bits per heavy atom. The molecule has 0 aliphatic carbocycles. The normalized spacial score (nSPS) is 13.0. The first-order chi connectivity index (χ1) is 17.9. The summed E-state index contributed by atoms with van der Waals surface area (Å²) < 4.78 is 11.2. The minimum atomic E-state index is -0.506. The summed E-state index contributed by atoms with van der Waals surface area (Å²) in [6.07, 6.45) is 1.36. The maximum atomic E-state index is 12.6. The lowest BCUT2D eigenvalue weighted by Gasteiger charge is -2.22. The van der Waals surface area contributed by atoms with Crippen LogP contribution in [0.25, 0.3) is 22.8 Å². The summed E-state index contributed by atoms with van der Waals surface area (Å²) >= 11 is 0. The molecule has 1 aliphatic rings. The minimum Gasteiger partial charge on any atom is -0.490 e. The molecule has 0 fully saturated rings. The molecule has 38 heavy (non-hydrogen) atoms. The van der Waals surface area contributed by atoms with Crippen LogP contribution in [0.3, 0.4) is 0 Å². The number of hydrogen-bond acceptors (Lipinski definition) is 9. The maximum Gasteiger partial charge on any atom is 0.258 e. The summed E-state index contributed by atoms with van der Waals surface area (Å²) in [6.45, 7) is 4.58. The molecule has 202 valence electrons. The van der Waals surface area contributed by atoms with Gasteiger partial charge in [-0.3, -0.25) is 4.79 Å². The van der Waals surface area contributed by atoms with Gasteiger partial charge in [-0.15, -0.1) is 12.4 Å². The van der Waals surface area contributed by atoms with E-state index in [0.29, 0.717) is 48.1 Å². The zero-order valence-corrected chi connectivity index (χ0v) is 22.2. The maximum absolute atomic E-state index is 12.6. The number of nitrogens with one attached hydrogen (secondary N) is 1. The molecule has 10 nitrogen and oxygen atoms in total. The number of rotatable bonds is 9. The van der Waals surface area contributed by atoms with Gasteiger partial charge >= 0.3 is 0 Å². The Labute approximate surface area is 227 Å². The highest BCUT2D eigenvalue weighted by atomic mass is 35.5. The molecule has 0 saturated carbocycles. The molecule has 0 atom stereocenters. The Morgan fingerprint density at radius 1 is 1.13 bits per heavy atom. The van der Waals surface area contributed by atoms with Crippen LogP contribution < -0.4 is 10.1 Å². The predicted octanol–water partition coefficient (Wildman–Crippen LogP) is 2.35. The van der Waals surface area contributed by atoms with Crippen LogP contribution in [0.5, 0.6) is 5.75 Å². The summed E-state index contributed by atoms with van der Waals surface area (Å²) in [6, 6.07) is 12.9. The van der Waals surface area contributed by atoms with Crippen molar-refractivity contribution in [3.8, 4) is 34.7 Å². The average molecular weight is 542 g/mol. The fraction of sp³-hybridized carbons (Fsp3) is 0.407. The van der Waals surface area contributed by atoms with Crippen molar-refractivity contribution >= 4 is 18.3 Å². The lowest BCUT2D eigenvalue weighted by atomic mass is 10.00. The highest BCUT2D eigenvalue weighted by Crippen LogP contribution is 2.29. The van der Waals surface area contributed by atoms with Crippen molar-refractivity contribution in [2.45, 2.75) is 38.8 Å². The number of aliphatic hydroxyl groups is 2. The Kier molecular flexibility index (Phi) is 10.2.